The Morgan fingerprint density at radius 2 is 2.00 bits per heavy atom. The van der Waals surface area contributed by atoms with Crippen molar-refractivity contribution >= 4 is 28.4 Å². The Labute approximate surface area is 92.8 Å². The molecule has 0 saturated heterocycles. The quantitative estimate of drug-likeness (QED) is 0.685. The summed E-state index contributed by atoms with van der Waals surface area (Å²) in [6.07, 6.45) is 0. The van der Waals surface area contributed by atoms with Crippen molar-refractivity contribution in [1.82, 2.24) is 0 Å². The highest BCUT2D eigenvalue weighted by atomic mass is 35.5. The van der Waals surface area contributed by atoms with Crippen LogP contribution in [0, 0.1) is 13.8 Å². The Hall–Kier alpha value is -1.28. The van der Waals surface area contributed by atoms with E-state index >= 15 is 0 Å². The maximum atomic E-state index is 11.2. The molecule has 0 bridgehead atoms. The molecule has 2 aromatic rings. The van der Waals surface area contributed by atoms with Gasteiger partial charge in [-0.05, 0) is 37.1 Å². The normalized spacial score (nSPS) is 10.9. The minimum absolute atomic E-state index is 0.0700. The van der Waals surface area contributed by atoms with Gasteiger partial charge in [0.1, 0.15) is 5.58 Å². The topological polar surface area (TPSA) is 30.2 Å². The molecule has 0 radical (unpaired) electrons. The number of benzene rings is 1. The van der Waals surface area contributed by atoms with E-state index in [1.807, 2.05) is 19.9 Å². The third kappa shape index (κ3) is 1.55. The van der Waals surface area contributed by atoms with Crippen LogP contribution < -0.4 is 0 Å². The molecule has 0 fully saturated rings. The van der Waals surface area contributed by atoms with E-state index in [1.54, 1.807) is 6.07 Å². The SMILES string of the molecule is CC(=O)c1cc2c(C)c(Cl)c(C)cc2o1. The second kappa shape index (κ2) is 3.38. The van der Waals surface area contributed by atoms with Crippen molar-refractivity contribution in [2.45, 2.75) is 20.8 Å². The van der Waals surface area contributed by atoms with Crippen molar-refractivity contribution in [1.29, 1.82) is 0 Å². The van der Waals surface area contributed by atoms with Gasteiger partial charge in [-0.15, -0.1) is 0 Å². The van der Waals surface area contributed by atoms with Gasteiger partial charge in [0.15, 0.2) is 11.5 Å². The molecule has 1 aromatic carbocycles. The molecule has 0 atom stereocenters. The standard InChI is InChI=1S/C12H11ClO2/c1-6-4-11-9(7(2)12(6)13)5-10(15-11)8(3)14/h4-5H,1-3H3. The number of halogens is 1. The number of hydrogen-bond donors (Lipinski definition) is 0. The number of carbonyl (C=O) groups is 1. The van der Waals surface area contributed by atoms with Gasteiger partial charge in [0, 0.05) is 17.3 Å². The van der Waals surface area contributed by atoms with E-state index in [4.69, 9.17) is 16.0 Å². The van der Waals surface area contributed by atoms with E-state index in [0.29, 0.717) is 5.76 Å². The smallest absolute Gasteiger partial charge is 0.194 e. The van der Waals surface area contributed by atoms with Crippen molar-refractivity contribution in [3.05, 3.63) is 34.0 Å². The van der Waals surface area contributed by atoms with Crippen LogP contribution in [-0.2, 0) is 0 Å². The van der Waals surface area contributed by atoms with Crippen molar-refractivity contribution in [3.8, 4) is 0 Å². The number of ketones is 1. The fourth-order valence-electron chi connectivity index (χ4n) is 1.65. The minimum atomic E-state index is -0.0700. The summed E-state index contributed by atoms with van der Waals surface area (Å²) in [6.45, 7) is 5.34. The largest absolute Gasteiger partial charge is 0.453 e. The third-order valence-corrected chi connectivity index (χ3v) is 3.12. The summed E-state index contributed by atoms with van der Waals surface area (Å²) in [4.78, 5) is 11.2. The number of fused-ring (bicyclic) bond motifs is 1. The summed E-state index contributed by atoms with van der Waals surface area (Å²) >= 11 is 6.12. The number of carbonyl (C=O) groups excluding carboxylic acids is 1. The second-order valence-electron chi connectivity index (χ2n) is 3.71. The van der Waals surface area contributed by atoms with E-state index in [0.717, 1.165) is 27.1 Å². The Kier molecular flexibility index (Phi) is 2.31. The first-order chi connectivity index (χ1) is 7.00. The number of rotatable bonds is 1. The van der Waals surface area contributed by atoms with E-state index in [2.05, 4.69) is 0 Å². The van der Waals surface area contributed by atoms with Gasteiger partial charge in [-0.1, -0.05) is 11.6 Å². The van der Waals surface area contributed by atoms with E-state index < -0.39 is 0 Å². The third-order valence-electron chi connectivity index (χ3n) is 2.53. The lowest BCUT2D eigenvalue weighted by Crippen LogP contribution is -1.85. The molecule has 0 saturated carbocycles. The van der Waals surface area contributed by atoms with Gasteiger partial charge in [0.05, 0.1) is 0 Å². The van der Waals surface area contributed by atoms with Crippen LogP contribution in [0.5, 0.6) is 0 Å². The average Bonchev–Trinajstić information content (AvgIpc) is 2.58. The van der Waals surface area contributed by atoms with Gasteiger partial charge in [-0.3, -0.25) is 4.79 Å². The van der Waals surface area contributed by atoms with Crippen molar-refractivity contribution < 1.29 is 9.21 Å². The van der Waals surface area contributed by atoms with Crippen LogP contribution in [0.2, 0.25) is 5.02 Å². The highest BCUT2D eigenvalue weighted by Gasteiger charge is 2.12. The first-order valence-electron chi connectivity index (χ1n) is 4.71. The van der Waals surface area contributed by atoms with Crippen molar-refractivity contribution in [2.75, 3.05) is 0 Å². The fraction of sp³-hybridized carbons (Fsp3) is 0.250. The molecular weight excluding hydrogens is 212 g/mol. The molecule has 2 rings (SSSR count). The van der Waals surface area contributed by atoms with Crippen LogP contribution in [0.4, 0.5) is 0 Å². The summed E-state index contributed by atoms with van der Waals surface area (Å²) in [5, 5.41) is 1.65. The summed E-state index contributed by atoms with van der Waals surface area (Å²) in [5.41, 5.74) is 2.65. The molecule has 0 amide bonds. The molecule has 1 aromatic heterocycles. The maximum Gasteiger partial charge on any atom is 0.194 e. The van der Waals surface area contributed by atoms with Gasteiger partial charge in [-0.2, -0.15) is 0 Å². The number of aryl methyl sites for hydroxylation is 2. The summed E-state index contributed by atoms with van der Waals surface area (Å²) in [7, 11) is 0. The maximum absolute atomic E-state index is 11.2. The molecule has 0 aliphatic carbocycles. The summed E-state index contributed by atoms with van der Waals surface area (Å²) in [5.74, 6) is 0.314. The molecule has 3 heteroatoms. The Balaban J connectivity index is 2.82. The lowest BCUT2D eigenvalue weighted by Gasteiger charge is -2.02. The predicted octanol–water partition coefficient (Wildman–Crippen LogP) is 3.91. The molecule has 0 unspecified atom stereocenters. The number of hydrogen-bond acceptors (Lipinski definition) is 2. The van der Waals surface area contributed by atoms with Crippen molar-refractivity contribution in [2.24, 2.45) is 0 Å². The zero-order valence-electron chi connectivity index (χ0n) is 8.85. The van der Waals surface area contributed by atoms with Gasteiger partial charge in [0.25, 0.3) is 0 Å². The van der Waals surface area contributed by atoms with Crippen LogP contribution >= 0.6 is 11.6 Å². The molecule has 0 spiro atoms. The lowest BCUT2D eigenvalue weighted by molar-refractivity contribution is 0.0989. The van der Waals surface area contributed by atoms with Crippen LogP contribution in [0.25, 0.3) is 11.0 Å². The van der Waals surface area contributed by atoms with Crippen LogP contribution in [0.1, 0.15) is 28.6 Å². The monoisotopic (exact) mass is 222 g/mol. The average molecular weight is 223 g/mol. The van der Waals surface area contributed by atoms with Crippen molar-refractivity contribution in [3.63, 3.8) is 0 Å². The van der Waals surface area contributed by atoms with Gasteiger partial charge >= 0.3 is 0 Å². The highest BCUT2D eigenvalue weighted by molar-refractivity contribution is 6.33. The molecule has 1 heterocycles. The summed E-state index contributed by atoms with van der Waals surface area (Å²) < 4.78 is 5.44. The van der Waals surface area contributed by atoms with Gasteiger partial charge in [0.2, 0.25) is 0 Å². The van der Waals surface area contributed by atoms with Crippen LogP contribution in [0.3, 0.4) is 0 Å². The second-order valence-corrected chi connectivity index (χ2v) is 4.09. The first kappa shape index (κ1) is 10.2. The zero-order valence-corrected chi connectivity index (χ0v) is 9.61. The Morgan fingerprint density at radius 3 is 2.60 bits per heavy atom. The highest BCUT2D eigenvalue weighted by Crippen LogP contribution is 2.31. The zero-order chi connectivity index (χ0) is 11.2. The molecule has 78 valence electrons. The predicted molar refractivity (Wildman–Crippen MR) is 60.7 cm³/mol. The van der Waals surface area contributed by atoms with Crippen LogP contribution in [-0.4, -0.2) is 5.78 Å². The first-order valence-corrected chi connectivity index (χ1v) is 5.08. The van der Waals surface area contributed by atoms with Gasteiger partial charge < -0.3 is 4.42 Å². The number of Topliss-reactive ketones (excluding diaryl/α,β-unsaturated/α-hetero) is 1. The van der Waals surface area contributed by atoms with E-state index in [1.165, 1.54) is 6.92 Å². The van der Waals surface area contributed by atoms with Gasteiger partial charge in [-0.25, -0.2) is 0 Å². The molecule has 0 aliphatic heterocycles. The lowest BCUT2D eigenvalue weighted by atomic mass is 10.1. The van der Waals surface area contributed by atoms with E-state index in [9.17, 15) is 4.79 Å². The molecule has 2 nitrogen and oxygen atoms in total. The fourth-order valence-corrected chi connectivity index (χ4v) is 1.81. The van der Waals surface area contributed by atoms with E-state index in [-0.39, 0.29) is 5.78 Å². The molecule has 0 N–H and O–H groups in total. The summed E-state index contributed by atoms with van der Waals surface area (Å²) in [6, 6.07) is 3.61. The number of furan rings is 1. The van der Waals surface area contributed by atoms with Crippen LogP contribution in [0.15, 0.2) is 16.5 Å². The molecule has 0 aliphatic rings. The Morgan fingerprint density at radius 1 is 1.33 bits per heavy atom. The Bertz CT molecular complexity index is 552. The molecular formula is C12H11ClO2. The minimum Gasteiger partial charge on any atom is -0.453 e. The molecule has 15 heavy (non-hydrogen) atoms.